The first-order valence-corrected chi connectivity index (χ1v) is 14.0. The van der Waals surface area contributed by atoms with Crippen LogP contribution >= 0.6 is 22.9 Å². The number of thiazole rings is 1. The predicted octanol–water partition coefficient (Wildman–Crippen LogP) is 7.29. The molecule has 3 aromatic carbocycles. The van der Waals surface area contributed by atoms with Crippen molar-refractivity contribution in [2.24, 2.45) is 0 Å². The molecule has 1 saturated heterocycles. The quantitative estimate of drug-likeness (QED) is 0.0967. The van der Waals surface area contributed by atoms with Crippen molar-refractivity contribution in [2.45, 2.75) is 32.7 Å². The molecule has 40 heavy (non-hydrogen) atoms. The zero-order valence-electron chi connectivity index (χ0n) is 21.8. The van der Waals surface area contributed by atoms with Gasteiger partial charge in [0.25, 0.3) is 5.78 Å². The van der Waals surface area contributed by atoms with Crippen molar-refractivity contribution in [3.8, 4) is 11.5 Å². The minimum absolute atomic E-state index is 0.143. The fourth-order valence-corrected chi connectivity index (χ4v) is 5.77. The number of benzene rings is 3. The number of aliphatic hydroxyl groups is 1. The third kappa shape index (κ3) is 5.26. The second kappa shape index (κ2) is 11.7. The first-order chi connectivity index (χ1) is 19.3. The molecule has 2 heterocycles. The summed E-state index contributed by atoms with van der Waals surface area (Å²) in [6.45, 7) is 4.78. The summed E-state index contributed by atoms with van der Waals surface area (Å²) in [7, 11) is 0. The summed E-state index contributed by atoms with van der Waals surface area (Å²) in [6.07, 6.45) is 1.83. The molecule has 1 aliphatic heterocycles. The molecule has 0 aliphatic carbocycles. The van der Waals surface area contributed by atoms with Crippen LogP contribution in [0.2, 0.25) is 5.02 Å². The number of ketones is 1. The van der Waals surface area contributed by atoms with Gasteiger partial charge in [0.1, 0.15) is 11.6 Å². The van der Waals surface area contributed by atoms with Crippen LogP contribution in [0.3, 0.4) is 0 Å². The Bertz CT molecular complexity index is 1620. The fourth-order valence-electron chi connectivity index (χ4n) is 4.51. The summed E-state index contributed by atoms with van der Waals surface area (Å²) in [5, 5.41) is 12.1. The maximum Gasteiger partial charge on any atom is 0.301 e. The third-order valence-electron chi connectivity index (χ3n) is 6.45. The van der Waals surface area contributed by atoms with E-state index in [1.165, 1.54) is 40.5 Å². The van der Waals surface area contributed by atoms with Gasteiger partial charge in [0.05, 0.1) is 35.0 Å². The van der Waals surface area contributed by atoms with Crippen LogP contribution in [0, 0.1) is 5.82 Å². The monoisotopic (exact) mass is 580 g/mol. The van der Waals surface area contributed by atoms with Gasteiger partial charge in [-0.05, 0) is 73.5 Å². The Kier molecular flexibility index (Phi) is 8.04. The lowest BCUT2D eigenvalue weighted by molar-refractivity contribution is -0.132. The third-order valence-corrected chi connectivity index (χ3v) is 7.70. The smallest absolute Gasteiger partial charge is 0.301 e. The summed E-state index contributed by atoms with van der Waals surface area (Å²) < 4.78 is 26.1. The Labute approximate surface area is 239 Å². The topological polar surface area (TPSA) is 89.0 Å². The number of halogens is 2. The van der Waals surface area contributed by atoms with Gasteiger partial charge in [0.15, 0.2) is 16.6 Å². The molecule has 7 nitrogen and oxygen atoms in total. The van der Waals surface area contributed by atoms with E-state index in [1.54, 1.807) is 36.4 Å². The van der Waals surface area contributed by atoms with Crippen molar-refractivity contribution >= 4 is 55.7 Å². The Hall–Kier alpha value is -3.95. The molecule has 1 N–H and O–H groups in total. The summed E-state index contributed by atoms with van der Waals surface area (Å²) in [5.41, 5.74) is 1.17. The molecule has 0 saturated carbocycles. The van der Waals surface area contributed by atoms with E-state index < -0.39 is 29.3 Å². The number of nitrogens with zero attached hydrogens (tertiary/aromatic N) is 2. The molecule has 1 aliphatic rings. The standard InChI is InChI=1S/C30H26ClFN2O5S/c1-3-5-14-39-22-13-8-18(15-23(22)38-4-2)26-25(27(35)17-6-10-20(32)11-7-17)28(36)29(37)34(26)30-33-21-12-9-19(31)16-24(21)40-30/h6-13,15-16,26,35H,3-5,14H2,1-2H3/b27-25+. The molecule has 1 fully saturated rings. The molecule has 0 spiro atoms. The van der Waals surface area contributed by atoms with Gasteiger partial charge in [-0.2, -0.15) is 0 Å². The molecule has 1 aromatic heterocycles. The average molecular weight is 581 g/mol. The summed E-state index contributed by atoms with van der Waals surface area (Å²) >= 11 is 7.37. The first kappa shape index (κ1) is 27.6. The molecular formula is C30H26ClFN2O5S. The zero-order chi connectivity index (χ0) is 28.4. The van der Waals surface area contributed by atoms with Gasteiger partial charge < -0.3 is 14.6 Å². The van der Waals surface area contributed by atoms with Crippen LogP contribution in [-0.4, -0.2) is 35.0 Å². The van der Waals surface area contributed by atoms with Crippen LogP contribution in [0.15, 0.2) is 66.2 Å². The van der Waals surface area contributed by atoms with E-state index in [9.17, 15) is 19.1 Å². The van der Waals surface area contributed by atoms with Crippen molar-refractivity contribution in [3.63, 3.8) is 0 Å². The fraction of sp³-hybridized carbons (Fsp3) is 0.233. The highest BCUT2D eigenvalue weighted by molar-refractivity contribution is 7.22. The van der Waals surface area contributed by atoms with E-state index in [1.807, 2.05) is 6.92 Å². The van der Waals surface area contributed by atoms with Crippen LogP contribution in [0.5, 0.6) is 11.5 Å². The minimum atomic E-state index is -1.04. The van der Waals surface area contributed by atoms with Gasteiger partial charge in [-0.1, -0.05) is 42.3 Å². The molecular weight excluding hydrogens is 555 g/mol. The van der Waals surface area contributed by atoms with Crippen molar-refractivity contribution in [1.29, 1.82) is 0 Å². The molecule has 0 bridgehead atoms. The highest BCUT2D eigenvalue weighted by atomic mass is 35.5. The second-order valence-electron chi connectivity index (χ2n) is 9.13. The summed E-state index contributed by atoms with van der Waals surface area (Å²) in [6, 6.07) is 14.3. The van der Waals surface area contributed by atoms with E-state index in [-0.39, 0.29) is 16.3 Å². The maximum absolute atomic E-state index is 13.6. The SMILES string of the molecule is CCCCOc1ccc(C2/C(=C(\O)c3ccc(F)cc3)C(=O)C(=O)N2c2nc3ccc(Cl)cc3s2)cc1OCC. The number of unbranched alkanes of at least 4 members (excludes halogenated alkanes) is 1. The van der Waals surface area contributed by atoms with Crippen LogP contribution in [0.1, 0.15) is 43.9 Å². The lowest BCUT2D eigenvalue weighted by atomic mass is 9.95. The van der Waals surface area contributed by atoms with E-state index >= 15 is 0 Å². The lowest BCUT2D eigenvalue weighted by Gasteiger charge is -2.24. The number of amides is 1. The number of hydrogen-bond acceptors (Lipinski definition) is 7. The van der Waals surface area contributed by atoms with Crippen molar-refractivity contribution < 1.29 is 28.6 Å². The van der Waals surface area contributed by atoms with Gasteiger partial charge in [-0.15, -0.1) is 0 Å². The Morgan fingerprint density at radius 3 is 2.55 bits per heavy atom. The molecule has 5 rings (SSSR count). The number of fused-ring (bicyclic) bond motifs is 1. The molecule has 4 aromatic rings. The largest absolute Gasteiger partial charge is 0.507 e. The lowest BCUT2D eigenvalue weighted by Crippen LogP contribution is -2.29. The summed E-state index contributed by atoms with van der Waals surface area (Å²) in [5.74, 6) is -1.67. The van der Waals surface area contributed by atoms with Gasteiger partial charge in [-0.3, -0.25) is 14.5 Å². The van der Waals surface area contributed by atoms with E-state index in [4.69, 9.17) is 21.1 Å². The minimum Gasteiger partial charge on any atom is -0.507 e. The number of rotatable bonds is 9. The van der Waals surface area contributed by atoms with Crippen molar-refractivity contribution in [1.82, 2.24) is 4.98 Å². The zero-order valence-corrected chi connectivity index (χ0v) is 23.4. The van der Waals surface area contributed by atoms with Gasteiger partial charge >= 0.3 is 5.91 Å². The normalized spacial score (nSPS) is 16.6. The summed E-state index contributed by atoms with van der Waals surface area (Å²) in [4.78, 5) is 32.9. The Morgan fingerprint density at radius 2 is 1.82 bits per heavy atom. The second-order valence-corrected chi connectivity index (χ2v) is 10.6. The molecule has 206 valence electrons. The number of carbonyl (C=O) groups excluding carboxylic acids is 2. The first-order valence-electron chi connectivity index (χ1n) is 12.8. The molecule has 10 heteroatoms. The molecule has 0 radical (unpaired) electrons. The molecule has 1 atom stereocenters. The van der Waals surface area contributed by atoms with E-state index in [0.29, 0.717) is 40.8 Å². The maximum atomic E-state index is 13.6. The van der Waals surface area contributed by atoms with Crippen LogP contribution in [0.25, 0.3) is 16.0 Å². The number of Topliss-reactive ketones (excluding diaryl/α,β-unsaturated/α-hetero) is 1. The van der Waals surface area contributed by atoms with Crippen LogP contribution in [0.4, 0.5) is 9.52 Å². The van der Waals surface area contributed by atoms with Crippen LogP contribution in [-0.2, 0) is 9.59 Å². The van der Waals surface area contributed by atoms with Gasteiger partial charge in [-0.25, -0.2) is 9.37 Å². The number of aliphatic hydroxyl groups excluding tert-OH is 1. The number of carbonyl (C=O) groups is 2. The Morgan fingerprint density at radius 1 is 1.05 bits per heavy atom. The highest BCUT2D eigenvalue weighted by Gasteiger charge is 2.48. The van der Waals surface area contributed by atoms with Crippen LogP contribution < -0.4 is 14.4 Å². The molecule has 1 amide bonds. The number of aromatic nitrogens is 1. The molecule has 1 unspecified atom stereocenters. The van der Waals surface area contributed by atoms with Gasteiger partial charge in [0.2, 0.25) is 0 Å². The number of anilines is 1. The highest BCUT2D eigenvalue weighted by Crippen LogP contribution is 2.46. The van der Waals surface area contributed by atoms with Crippen molar-refractivity contribution in [3.05, 3.63) is 88.2 Å². The predicted molar refractivity (Wildman–Crippen MR) is 154 cm³/mol. The average Bonchev–Trinajstić information content (AvgIpc) is 3.47. The number of ether oxygens (including phenoxy) is 2. The van der Waals surface area contributed by atoms with Gasteiger partial charge in [0, 0.05) is 10.6 Å². The Balaban J connectivity index is 1.69. The number of hydrogen-bond donors (Lipinski definition) is 1. The van der Waals surface area contributed by atoms with Crippen molar-refractivity contribution in [2.75, 3.05) is 18.1 Å². The van der Waals surface area contributed by atoms with E-state index in [2.05, 4.69) is 11.9 Å². The van der Waals surface area contributed by atoms with E-state index in [0.717, 1.165) is 17.5 Å².